The Balaban J connectivity index is 2.77. The zero-order valence-corrected chi connectivity index (χ0v) is 11.9. The van der Waals surface area contributed by atoms with Crippen LogP contribution >= 0.6 is 15.9 Å². The minimum atomic E-state index is 0.398. The van der Waals surface area contributed by atoms with Crippen LogP contribution in [0.5, 0.6) is 0 Å². The maximum Gasteiger partial charge on any atom is 0.0491 e. The van der Waals surface area contributed by atoms with Crippen LogP contribution < -0.4 is 11.1 Å². The quantitative estimate of drug-likeness (QED) is 0.836. The van der Waals surface area contributed by atoms with Gasteiger partial charge in [-0.1, -0.05) is 0 Å². The van der Waals surface area contributed by atoms with Gasteiger partial charge >= 0.3 is 0 Å². The van der Waals surface area contributed by atoms with Gasteiger partial charge in [-0.15, -0.1) is 0 Å². The van der Waals surface area contributed by atoms with Crippen LogP contribution in [0.4, 0.5) is 11.4 Å². The first-order valence-electron chi connectivity index (χ1n) is 5.37. The predicted molar refractivity (Wildman–Crippen MR) is 74.9 cm³/mol. The van der Waals surface area contributed by atoms with E-state index in [1.165, 1.54) is 0 Å². The maximum atomic E-state index is 5.84. The Morgan fingerprint density at radius 3 is 2.62 bits per heavy atom. The third-order valence-corrected chi connectivity index (χ3v) is 3.05. The van der Waals surface area contributed by atoms with E-state index in [2.05, 4.69) is 53.2 Å². The molecule has 0 heterocycles. The first kappa shape index (κ1) is 13.3. The summed E-state index contributed by atoms with van der Waals surface area (Å²) in [5.41, 5.74) is 8.85. The van der Waals surface area contributed by atoms with Gasteiger partial charge in [0.15, 0.2) is 0 Å². The van der Waals surface area contributed by atoms with Crippen molar-refractivity contribution in [2.45, 2.75) is 19.9 Å². The van der Waals surface area contributed by atoms with Gasteiger partial charge in [-0.25, -0.2) is 0 Å². The van der Waals surface area contributed by atoms with E-state index >= 15 is 0 Å². The molecule has 1 aromatic rings. The van der Waals surface area contributed by atoms with Gasteiger partial charge in [-0.05, 0) is 61.6 Å². The predicted octanol–water partition coefficient (Wildman–Crippen LogP) is 2.70. The van der Waals surface area contributed by atoms with Gasteiger partial charge in [0.1, 0.15) is 0 Å². The molecule has 1 atom stereocenters. The SMILES string of the molecule is Cc1cc(NC(C)CN(C)C)c(Br)cc1N. The molecule has 16 heavy (non-hydrogen) atoms. The molecule has 0 spiro atoms. The van der Waals surface area contributed by atoms with Gasteiger partial charge in [0.05, 0.1) is 0 Å². The Bertz CT molecular complexity index is 364. The van der Waals surface area contributed by atoms with E-state index in [-0.39, 0.29) is 0 Å². The number of anilines is 2. The number of rotatable bonds is 4. The smallest absolute Gasteiger partial charge is 0.0491 e. The van der Waals surface area contributed by atoms with Crippen LogP contribution in [0.1, 0.15) is 12.5 Å². The molecule has 0 saturated heterocycles. The summed E-state index contributed by atoms with van der Waals surface area (Å²) in [4.78, 5) is 2.16. The molecule has 0 aliphatic rings. The molecule has 1 aromatic carbocycles. The van der Waals surface area contributed by atoms with Crippen molar-refractivity contribution in [3.8, 4) is 0 Å². The van der Waals surface area contributed by atoms with Crippen LogP contribution in [0, 0.1) is 6.92 Å². The molecule has 4 heteroatoms. The van der Waals surface area contributed by atoms with E-state index in [9.17, 15) is 0 Å². The third-order valence-electron chi connectivity index (χ3n) is 2.40. The van der Waals surface area contributed by atoms with Crippen molar-refractivity contribution in [3.63, 3.8) is 0 Å². The van der Waals surface area contributed by atoms with E-state index in [4.69, 9.17) is 5.73 Å². The second kappa shape index (κ2) is 5.55. The number of nitrogen functional groups attached to an aromatic ring is 1. The highest BCUT2D eigenvalue weighted by Crippen LogP contribution is 2.28. The van der Waals surface area contributed by atoms with Crippen molar-refractivity contribution in [3.05, 3.63) is 22.2 Å². The number of hydrogen-bond donors (Lipinski definition) is 2. The molecule has 1 rings (SSSR count). The van der Waals surface area contributed by atoms with E-state index < -0.39 is 0 Å². The molecule has 0 aromatic heterocycles. The van der Waals surface area contributed by atoms with Gasteiger partial charge in [0.2, 0.25) is 0 Å². The molecule has 0 aliphatic carbocycles. The number of benzene rings is 1. The highest BCUT2D eigenvalue weighted by molar-refractivity contribution is 9.10. The molecule has 0 saturated carbocycles. The summed E-state index contributed by atoms with van der Waals surface area (Å²) in [5, 5.41) is 3.47. The molecular weight excluding hydrogens is 266 g/mol. The van der Waals surface area contributed by atoms with E-state index in [0.29, 0.717) is 6.04 Å². The molecule has 0 radical (unpaired) electrons. The Hall–Kier alpha value is -0.740. The summed E-state index contributed by atoms with van der Waals surface area (Å²) in [5.74, 6) is 0. The van der Waals surface area contributed by atoms with Crippen LogP contribution in [0.3, 0.4) is 0 Å². The maximum absolute atomic E-state index is 5.84. The molecule has 0 aliphatic heterocycles. The molecule has 3 nitrogen and oxygen atoms in total. The Kier molecular flexibility index (Phi) is 4.62. The van der Waals surface area contributed by atoms with Crippen molar-refractivity contribution in [1.82, 2.24) is 4.90 Å². The molecule has 0 bridgehead atoms. The van der Waals surface area contributed by atoms with E-state index in [1.807, 2.05) is 13.0 Å². The summed E-state index contributed by atoms with van der Waals surface area (Å²) >= 11 is 3.52. The lowest BCUT2D eigenvalue weighted by Crippen LogP contribution is -2.29. The van der Waals surface area contributed by atoms with Gasteiger partial charge < -0.3 is 16.0 Å². The van der Waals surface area contributed by atoms with Crippen LogP contribution in [0.15, 0.2) is 16.6 Å². The molecule has 1 unspecified atom stereocenters. The van der Waals surface area contributed by atoms with E-state index in [1.54, 1.807) is 0 Å². The molecule has 0 fully saturated rings. The van der Waals surface area contributed by atoms with Gasteiger partial charge in [-0.2, -0.15) is 0 Å². The fourth-order valence-electron chi connectivity index (χ4n) is 1.67. The lowest BCUT2D eigenvalue weighted by atomic mass is 10.1. The van der Waals surface area contributed by atoms with Gasteiger partial charge in [0.25, 0.3) is 0 Å². The van der Waals surface area contributed by atoms with Crippen LogP contribution in [-0.4, -0.2) is 31.6 Å². The largest absolute Gasteiger partial charge is 0.398 e. The van der Waals surface area contributed by atoms with Crippen LogP contribution in [-0.2, 0) is 0 Å². The highest BCUT2D eigenvalue weighted by atomic mass is 79.9. The summed E-state index contributed by atoms with van der Waals surface area (Å²) < 4.78 is 1.02. The summed E-state index contributed by atoms with van der Waals surface area (Å²) in [6.07, 6.45) is 0. The lowest BCUT2D eigenvalue weighted by Gasteiger charge is -2.20. The number of likely N-dealkylation sites (N-methyl/N-ethyl adjacent to an activating group) is 1. The van der Waals surface area contributed by atoms with Gasteiger partial charge in [-0.3, -0.25) is 0 Å². The van der Waals surface area contributed by atoms with E-state index in [0.717, 1.165) is 28.0 Å². The minimum absolute atomic E-state index is 0.398. The van der Waals surface area contributed by atoms with Crippen molar-refractivity contribution >= 4 is 27.3 Å². The number of hydrogen-bond acceptors (Lipinski definition) is 3. The number of halogens is 1. The molecule has 0 amide bonds. The Morgan fingerprint density at radius 1 is 1.44 bits per heavy atom. The summed E-state index contributed by atoms with van der Waals surface area (Å²) in [6.45, 7) is 5.18. The zero-order chi connectivity index (χ0) is 12.3. The molecule has 3 N–H and O–H groups in total. The van der Waals surface area contributed by atoms with Crippen molar-refractivity contribution in [2.75, 3.05) is 31.7 Å². The first-order valence-corrected chi connectivity index (χ1v) is 6.16. The molecule has 90 valence electrons. The number of nitrogens with zero attached hydrogens (tertiary/aromatic N) is 1. The molecular formula is C12H20BrN3. The average molecular weight is 286 g/mol. The number of nitrogens with two attached hydrogens (primary N) is 1. The number of aryl methyl sites for hydroxylation is 1. The summed E-state index contributed by atoms with van der Waals surface area (Å²) in [7, 11) is 4.14. The van der Waals surface area contributed by atoms with Crippen LogP contribution in [0.25, 0.3) is 0 Å². The van der Waals surface area contributed by atoms with Crippen molar-refractivity contribution in [1.29, 1.82) is 0 Å². The monoisotopic (exact) mass is 285 g/mol. The topological polar surface area (TPSA) is 41.3 Å². The lowest BCUT2D eigenvalue weighted by molar-refractivity contribution is 0.392. The Labute approximate surface area is 106 Å². The van der Waals surface area contributed by atoms with Gasteiger partial charge in [0, 0.05) is 28.4 Å². The third kappa shape index (κ3) is 3.68. The second-order valence-corrected chi connectivity index (χ2v) is 5.35. The summed E-state index contributed by atoms with van der Waals surface area (Å²) in [6, 6.07) is 4.42. The highest BCUT2D eigenvalue weighted by Gasteiger charge is 2.07. The zero-order valence-electron chi connectivity index (χ0n) is 10.3. The first-order chi connectivity index (χ1) is 7.40. The number of nitrogens with one attached hydrogen (secondary N) is 1. The van der Waals surface area contributed by atoms with Crippen molar-refractivity contribution in [2.24, 2.45) is 0 Å². The average Bonchev–Trinajstić information content (AvgIpc) is 2.12. The Morgan fingerprint density at radius 2 is 2.06 bits per heavy atom. The fourth-order valence-corrected chi connectivity index (χ4v) is 2.14. The normalized spacial score (nSPS) is 12.9. The minimum Gasteiger partial charge on any atom is -0.398 e. The van der Waals surface area contributed by atoms with Crippen molar-refractivity contribution < 1.29 is 0 Å². The fraction of sp³-hybridized carbons (Fsp3) is 0.500. The van der Waals surface area contributed by atoms with Crippen LogP contribution in [0.2, 0.25) is 0 Å². The standard InChI is InChI=1S/C12H20BrN3/c1-8-5-12(10(13)6-11(8)14)15-9(2)7-16(3)4/h5-6,9,15H,7,14H2,1-4H3. The second-order valence-electron chi connectivity index (χ2n) is 4.50.